The maximum Gasteiger partial charge on any atom is 0.244 e. The maximum atomic E-state index is 12.1. The number of hydrogen-bond donors (Lipinski definition) is 1. The number of nitrogens with one attached hydrogen (secondary N) is 1. The Morgan fingerprint density at radius 1 is 1.05 bits per heavy atom. The fraction of sp³-hybridized carbons (Fsp3) is 0.233. The fourth-order valence-corrected chi connectivity index (χ4v) is 4.79. The molecule has 0 saturated heterocycles. The van der Waals surface area contributed by atoms with Crippen molar-refractivity contribution in [2.75, 3.05) is 6.26 Å². The van der Waals surface area contributed by atoms with E-state index in [-0.39, 0.29) is 5.91 Å². The first-order valence-electron chi connectivity index (χ1n) is 12.4. The third-order valence-corrected chi connectivity index (χ3v) is 8.26. The molecular formula is C30H29N3O3S. The van der Waals surface area contributed by atoms with Gasteiger partial charge in [-0.3, -0.25) is 14.8 Å². The Morgan fingerprint density at radius 2 is 1.86 bits per heavy atom. The first-order valence-corrected chi connectivity index (χ1v) is 14.3. The summed E-state index contributed by atoms with van der Waals surface area (Å²) < 4.78 is 24.1. The summed E-state index contributed by atoms with van der Waals surface area (Å²) in [6, 6.07) is 18.5. The molecule has 0 spiro atoms. The molecule has 1 saturated carbocycles. The fourth-order valence-electron chi connectivity index (χ4n) is 4.30. The Balaban J connectivity index is 1.49. The molecular weight excluding hydrogens is 482 g/mol. The van der Waals surface area contributed by atoms with Crippen LogP contribution in [0.1, 0.15) is 30.9 Å². The minimum absolute atomic E-state index is 0.0839. The molecule has 37 heavy (non-hydrogen) atoms. The molecule has 7 heteroatoms. The first-order chi connectivity index (χ1) is 17.8. The Morgan fingerprint density at radius 3 is 2.65 bits per heavy atom. The second kappa shape index (κ2) is 10.3. The number of carbonyl (C=O) groups is 1. The molecule has 0 radical (unpaired) electrons. The van der Waals surface area contributed by atoms with E-state index in [4.69, 9.17) is 0 Å². The van der Waals surface area contributed by atoms with Crippen LogP contribution in [0.5, 0.6) is 0 Å². The van der Waals surface area contributed by atoms with Crippen LogP contribution >= 0.6 is 0 Å². The van der Waals surface area contributed by atoms with Crippen LogP contribution in [-0.2, 0) is 21.1 Å². The summed E-state index contributed by atoms with van der Waals surface area (Å²) in [4.78, 5) is 21.0. The van der Waals surface area contributed by atoms with Crippen LogP contribution in [-0.4, -0.2) is 41.8 Å². The number of rotatable bonds is 8. The van der Waals surface area contributed by atoms with Crippen molar-refractivity contribution >= 4 is 32.7 Å². The summed E-state index contributed by atoms with van der Waals surface area (Å²) in [5.41, 5.74) is 6.53. The van der Waals surface area contributed by atoms with Gasteiger partial charge in [0, 0.05) is 53.5 Å². The summed E-state index contributed by atoms with van der Waals surface area (Å²) in [7, 11) is -3.15. The Hall–Kier alpha value is -3.84. The van der Waals surface area contributed by atoms with Gasteiger partial charge in [0.1, 0.15) is 9.84 Å². The van der Waals surface area contributed by atoms with Gasteiger partial charge in [0.05, 0.1) is 10.8 Å². The lowest BCUT2D eigenvalue weighted by Crippen LogP contribution is -2.22. The largest absolute Gasteiger partial charge is 0.350 e. The predicted molar refractivity (Wildman–Crippen MR) is 149 cm³/mol. The summed E-state index contributed by atoms with van der Waals surface area (Å²) in [5.74, 6) is -0.0839. The number of carbonyl (C=O) groups excluding carboxylic acids is 1. The van der Waals surface area contributed by atoms with Gasteiger partial charge in [-0.25, -0.2) is 8.42 Å². The van der Waals surface area contributed by atoms with Gasteiger partial charge in [-0.05, 0) is 84.8 Å². The quantitative estimate of drug-likeness (QED) is 0.327. The molecule has 1 fully saturated rings. The van der Waals surface area contributed by atoms with Crippen LogP contribution in [0.3, 0.4) is 0 Å². The van der Waals surface area contributed by atoms with E-state index in [1.165, 1.54) is 6.26 Å². The molecule has 1 aliphatic rings. The lowest BCUT2D eigenvalue weighted by atomic mass is 9.94. The summed E-state index contributed by atoms with van der Waals surface area (Å²) in [6.45, 7) is 1.74. The van der Waals surface area contributed by atoms with Gasteiger partial charge in [-0.15, -0.1) is 0 Å². The van der Waals surface area contributed by atoms with E-state index in [1.54, 1.807) is 37.7 Å². The Kier molecular flexibility index (Phi) is 6.89. The number of nitrogens with zero attached hydrogens (tertiary/aromatic N) is 2. The van der Waals surface area contributed by atoms with Gasteiger partial charge in [-0.1, -0.05) is 24.3 Å². The van der Waals surface area contributed by atoms with E-state index in [9.17, 15) is 13.2 Å². The number of pyridine rings is 2. The standard InChI is InChI=1S/C30H29N3O3S/c1-20(37(2,35)36)13-22-15-25-7-4-12-32-30(25)28(16-22)24-6-3-5-23(17-24)26-14-21(18-31-19-26)8-11-29(34)33-27-9-10-27/h3-8,11-12,14-20,27H,9-10,13H2,1-2H3,(H,33,34). The number of fused-ring (bicyclic) bond motifs is 1. The lowest BCUT2D eigenvalue weighted by molar-refractivity contribution is -0.116. The van der Waals surface area contributed by atoms with E-state index in [1.807, 2.05) is 48.5 Å². The van der Waals surface area contributed by atoms with Crippen molar-refractivity contribution in [3.05, 3.63) is 90.4 Å². The molecule has 1 unspecified atom stereocenters. The predicted octanol–water partition coefficient (Wildman–Crippen LogP) is 5.23. The van der Waals surface area contributed by atoms with Crippen LogP contribution in [0.2, 0.25) is 0 Å². The summed E-state index contributed by atoms with van der Waals surface area (Å²) in [6.07, 6.45) is 12.5. The zero-order valence-electron chi connectivity index (χ0n) is 20.9. The zero-order valence-corrected chi connectivity index (χ0v) is 21.7. The normalized spacial score (nSPS) is 14.6. The number of amides is 1. The maximum absolute atomic E-state index is 12.1. The molecule has 2 aromatic heterocycles. The molecule has 0 aliphatic heterocycles. The van der Waals surface area contributed by atoms with E-state index in [0.29, 0.717) is 12.5 Å². The van der Waals surface area contributed by atoms with Gasteiger partial charge >= 0.3 is 0 Å². The van der Waals surface area contributed by atoms with Crippen molar-refractivity contribution in [1.29, 1.82) is 0 Å². The highest BCUT2D eigenvalue weighted by molar-refractivity contribution is 7.91. The topological polar surface area (TPSA) is 89.0 Å². The smallest absolute Gasteiger partial charge is 0.244 e. The van der Waals surface area contributed by atoms with Gasteiger partial charge in [0.2, 0.25) is 5.91 Å². The molecule has 2 aromatic carbocycles. The molecule has 188 valence electrons. The molecule has 1 N–H and O–H groups in total. The number of hydrogen-bond acceptors (Lipinski definition) is 5. The van der Waals surface area contributed by atoms with Crippen molar-refractivity contribution in [3.63, 3.8) is 0 Å². The molecule has 1 amide bonds. The number of benzene rings is 2. The SMILES string of the molecule is CC(Cc1cc(-c2cccc(-c3cncc(C=CC(=O)NC4CC4)c3)c2)c2ncccc2c1)S(C)(=O)=O. The number of sulfone groups is 1. The average Bonchev–Trinajstić information content (AvgIpc) is 3.70. The van der Waals surface area contributed by atoms with Crippen molar-refractivity contribution in [2.45, 2.75) is 37.5 Å². The van der Waals surface area contributed by atoms with E-state index in [0.717, 1.165) is 57.1 Å². The lowest BCUT2D eigenvalue weighted by Gasteiger charge is -2.14. The van der Waals surface area contributed by atoms with Gasteiger partial charge in [0.15, 0.2) is 0 Å². The second-order valence-electron chi connectivity index (χ2n) is 9.77. The highest BCUT2D eigenvalue weighted by Gasteiger charge is 2.22. The van der Waals surface area contributed by atoms with E-state index < -0.39 is 15.1 Å². The van der Waals surface area contributed by atoms with Crippen LogP contribution in [0.4, 0.5) is 0 Å². The van der Waals surface area contributed by atoms with Crippen molar-refractivity contribution in [2.24, 2.45) is 0 Å². The van der Waals surface area contributed by atoms with E-state index >= 15 is 0 Å². The minimum atomic E-state index is -3.15. The average molecular weight is 512 g/mol. The van der Waals surface area contributed by atoms with Crippen LogP contribution in [0.15, 0.2) is 79.3 Å². The third-order valence-electron chi connectivity index (χ3n) is 6.64. The molecule has 5 rings (SSSR count). The Labute approximate surface area is 217 Å². The first kappa shape index (κ1) is 24.8. The molecule has 1 aliphatic carbocycles. The second-order valence-corrected chi connectivity index (χ2v) is 12.2. The molecule has 6 nitrogen and oxygen atoms in total. The summed E-state index contributed by atoms with van der Waals surface area (Å²) in [5, 5.41) is 3.44. The zero-order chi connectivity index (χ0) is 26.0. The minimum Gasteiger partial charge on any atom is -0.350 e. The van der Waals surface area contributed by atoms with Crippen LogP contribution in [0.25, 0.3) is 39.2 Å². The van der Waals surface area contributed by atoms with Crippen molar-refractivity contribution in [3.8, 4) is 22.3 Å². The molecule has 4 aromatic rings. The third kappa shape index (κ3) is 6.12. The number of aromatic nitrogens is 2. The van der Waals surface area contributed by atoms with Crippen LogP contribution < -0.4 is 5.32 Å². The van der Waals surface area contributed by atoms with Gasteiger partial charge in [0.25, 0.3) is 0 Å². The highest BCUT2D eigenvalue weighted by Crippen LogP contribution is 2.32. The molecule has 0 bridgehead atoms. The Bertz CT molecular complexity index is 1610. The van der Waals surface area contributed by atoms with Gasteiger partial charge in [-0.2, -0.15) is 0 Å². The van der Waals surface area contributed by atoms with E-state index in [2.05, 4.69) is 21.4 Å². The van der Waals surface area contributed by atoms with Gasteiger partial charge < -0.3 is 5.32 Å². The van der Waals surface area contributed by atoms with Crippen molar-refractivity contribution < 1.29 is 13.2 Å². The van der Waals surface area contributed by atoms with Crippen molar-refractivity contribution in [1.82, 2.24) is 15.3 Å². The highest BCUT2D eigenvalue weighted by atomic mass is 32.2. The molecule has 1 atom stereocenters. The summed E-state index contributed by atoms with van der Waals surface area (Å²) >= 11 is 0. The molecule has 2 heterocycles. The monoisotopic (exact) mass is 511 g/mol. The van der Waals surface area contributed by atoms with Crippen LogP contribution in [0, 0.1) is 0 Å².